The van der Waals surface area contributed by atoms with E-state index in [0.29, 0.717) is 17.3 Å². The fourth-order valence-electron chi connectivity index (χ4n) is 4.04. The van der Waals surface area contributed by atoms with Crippen LogP contribution in [0.2, 0.25) is 0 Å². The van der Waals surface area contributed by atoms with Crippen molar-refractivity contribution in [1.82, 2.24) is 0 Å². The van der Waals surface area contributed by atoms with Crippen molar-refractivity contribution in [3.8, 4) is 0 Å². The molecule has 0 bridgehead atoms. The van der Waals surface area contributed by atoms with Crippen LogP contribution in [-0.4, -0.2) is 10.7 Å². The summed E-state index contributed by atoms with van der Waals surface area (Å²) >= 11 is 0. The molecule has 0 radical (unpaired) electrons. The van der Waals surface area contributed by atoms with Crippen molar-refractivity contribution in [2.75, 3.05) is 0 Å². The predicted octanol–water partition coefficient (Wildman–Crippen LogP) is 3.92. The summed E-state index contributed by atoms with van der Waals surface area (Å²) in [5, 5.41) is 10.9. The Hall–Kier alpha value is -0.300. The van der Waals surface area contributed by atoms with E-state index in [0.717, 1.165) is 19.3 Å². The zero-order valence-electron chi connectivity index (χ0n) is 11.0. The summed E-state index contributed by atoms with van der Waals surface area (Å²) < 4.78 is 0. The molecule has 3 atom stereocenters. The van der Waals surface area contributed by atoms with Gasteiger partial charge in [0.1, 0.15) is 0 Å². The summed E-state index contributed by atoms with van der Waals surface area (Å²) in [6.45, 7) is 6.89. The smallest absolute Gasteiger partial charge is 0.0718 e. The van der Waals surface area contributed by atoms with Crippen molar-refractivity contribution in [2.24, 2.45) is 17.3 Å². The van der Waals surface area contributed by atoms with Gasteiger partial charge in [-0.2, -0.15) is 0 Å². The highest BCUT2D eigenvalue weighted by molar-refractivity contribution is 5.14. The minimum Gasteiger partial charge on any atom is -0.389 e. The van der Waals surface area contributed by atoms with Crippen LogP contribution < -0.4 is 0 Å². The van der Waals surface area contributed by atoms with Gasteiger partial charge in [0.05, 0.1) is 5.60 Å². The van der Waals surface area contributed by atoms with E-state index in [4.69, 9.17) is 0 Å². The van der Waals surface area contributed by atoms with Gasteiger partial charge in [0.15, 0.2) is 0 Å². The lowest BCUT2D eigenvalue weighted by Crippen LogP contribution is -2.35. The van der Waals surface area contributed by atoms with Crippen molar-refractivity contribution >= 4 is 0 Å². The number of hydrogen-bond acceptors (Lipinski definition) is 1. The Balaban J connectivity index is 2.20. The Labute approximate surface area is 99.9 Å². The predicted molar refractivity (Wildman–Crippen MR) is 68.2 cm³/mol. The highest BCUT2D eigenvalue weighted by Crippen LogP contribution is 2.57. The molecule has 0 aromatic rings. The number of allylic oxidation sites excluding steroid dienone is 1. The summed E-state index contributed by atoms with van der Waals surface area (Å²) in [6.07, 6.45) is 11.4. The molecule has 16 heavy (non-hydrogen) atoms. The Morgan fingerprint density at radius 3 is 2.81 bits per heavy atom. The molecule has 1 N–H and O–H groups in total. The van der Waals surface area contributed by atoms with E-state index in [2.05, 4.69) is 32.9 Å². The first-order valence-electron chi connectivity index (χ1n) is 6.89. The van der Waals surface area contributed by atoms with E-state index in [1.54, 1.807) is 0 Å². The average Bonchev–Trinajstić information content (AvgIpc) is 2.45. The van der Waals surface area contributed by atoms with E-state index in [1.165, 1.54) is 19.3 Å². The number of aliphatic hydroxyl groups is 1. The second kappa shape index (κ2) is 4.18. The maximum atomic E-state index is 10.9. The van der Waals surface area contributed by atoms with E-state index in [9.17, 15) is 5.11 Å². The molecule has 0 amide bonds. The highest BCUT2D eigenvalue weighted by Gasteiger charge is 2.54. The van der Waals surface area contributed by atoms with E-state index in [1.807, 2.05) is 0 Å². The average molecular weight is 222 g/mol. The summed E-state index contributed by atoms with van der Waals surface area (Å²) in [5.41, 5.74) is -0.0982. The molecule has 0 aliphatic heterocycles. The van der Waals surface area contributed by atoms with Crippen molar-refractivity contribution in [3.63, 3.8) is 0 Å². The topological polar surface area (TPSA) is 20.2 Å². The third-order valence-corrected chi connectivity index (χ3v) is 4.77. The van der Waals surface area contributed by atoms with Crippen molar-refractivity contribution in [1.29, 1.82) is 0 Å². The quantitative estimate of drug-likeness (QED) is 0.718. The summed E-state index contributed by atoms with van der Waals surface area (Å²) in [4.78, 5) is 0. The van der Waals surface area contributed by atoms with Gasteiger partial charge in [0.25, 0.3) is 0 Å². The fraction of sp³-hybridized carbons (Fsp3) is 0.867. The Kier molecular flexibility index (Phi) is 3.18. The minimum atomic E-state index is -0.416. The lowest BCUT2D eigenvalue weighted by molar-refractivity contribution is -0.00236. The molecule has 2 rings (SSSR count). The van der Waals surface area contributed by atoms with E-state index in [-0.39, 0.29) is 0 Å². The van der Waals surface area contributed by atoms with Gasteiger partial charge in [-0.15, -0.1) is 0 Å². The second-order valence-corrected chi connectivity index (χ2v) is 6.51. The molecule has 0 aromatic heterocycles. The van der Waals surface area contributed by atoms with Crippen LogP contribution in [0.4, 0.5) is 0 Å². The third-order valence-electron chi connectivity index (χ3n) is 4.77. The zero-order valence-corrected chi connectivity index (χ0v) is 11.0. The van der Waals surface area contributed by atoms with Gasteiger partial charge in [0.2, 0.25) is 0 Å². The molecular formula is C15H26O. The van der Waals surface area contributed by atoms with Gasteiger partial charge in [-0.05, 0) is 37.0 Å². The first-order chi connectivity index (χ1) is 7.49. The number of hydrogen-bond donors (Lipinski definition) is 1. The van der Waals surface area contributed by atoms with Crippen LogP contribution in [0.1, 0.15) is 59.3 Å². The molecule has 1 saturated carbocycles. The SMILES string of the molecule is CCCC[C@]1(O)CC(C)(C)[C@@H]2CCC=C[C@H]21. The molecule has 0 heterocycles. The molecule has 0 spiro atoms. The summed E-state index contributed by atoms with van der Waals surface area (Å²) in [5.74, 6) is 1.11. The maximum Gasteiger partial charge on any atom is 0.0718 e. The molecule has 1 fully saturated rings. The Morgan fingerprint density at radius 1 is 1.38 bits per heavy atom. The molecule has 0 unspecified atom stereocenters. The van der Waals surface area contributed by atoms with Gasteiger partial charge in [-0.1, -0.05) is 45.8 Å². The standard InChI is InChI=1S/C15H26O/c1-4-5-10-15(16)11-14(2,3)12-8-6-7-9-13(12)15/h7,9,12-13,16H,4-6,8,10-11H2,1-3H3/t12-,13-,15+/m1/s1. The van der Waals surface area contributed by atoms with Gasteiger partial charge in [0, 0.05) is 5.92 Å². The molecule has 0 saturated heterocycles. The van der Waals surface area contributed by atoms with Gasteiger partial charge in [-0.3, -0.25) is 0 Å². The molecule has 0 aromatic carbocycles. The van der Waals surface area contributed by atoms with E-state index >= 15 is 0 Å². The molecular weight excluding hydrogens is 196 g/mol. The molecule has 2 aliphatic carbocycles. The lowest BCUT2D eigenvalue weighted by Gasteiger charge is -2.33. The van der Waals surface area contributed by atoms with Crippen molar-refractivity contribution in [3.05, 3.63) is 12.2 Å². The van der Waals surface area contributed by atoms with Crippen LogP contribution in [0, 0.1) is 17.3 Å². The molecule has 1 heteroatoms. The molecule has 92 valence electrons. The van der Waals surface area contributed by atoms with Crippen LogP contribution in [0.3, 0.4) is 0 Å². The monoisotopic (exact) mass is 222 g/mol. The van der Waals surface area contributed by atoms with Crippen LogP contribution in [0.5, 0.6) is 0 Å². The van der Waals surface area contributed by atoms with Crippen molar-refractivity contribution < 1.29 is 5.11 Å². The number of rotatable bonds is 3. The molecule has 2 aliphatic rings. The minimum absolute atomic E-state index is 0.317. The largest absolute Gasteiger partial charge is 0.389 e. The maximum absolute atomic E-state index is 10.9. The normalized spacial score (nSPS) is 41.0. The van der Waals surface area contributed by atoms with Crippen LogP contribution in [0.25, 0.3) is 0 Å². The second-order valence-electron chi connectivity index (χ2n) is 6.51. The highest BCUT2D eigenvalue weighted by atomic mass is 16.3. The molecule has 1 nitrogen and oxygen atoms in total. The summed E-state index contributed by atoms with van der Waals surface area (Å²) in [6, 6.07) is 0. The summed E-state index contributed by atoms with van der Waals surface area (Å²) in [7, 11) is 0. The number of unbranched alkanes of at least 4 members (excludes halogenated alkanes) is 1. The van der Waals surface area contributed by atoms with Gasteiger partial charge >= 0.3 is 0 Å². The number of fused-ring (bicyclic) bond motifs is 1. The lowest BCUT2D eigenvalue weighted by atomic mass is 9.73. The zero-order chi connectivity index (χ0) is 11.8. The first-order valence-corrected chi connectivity index (χ1v) is 6.89. The van der Waals surface area contributed by atoms with Crippen LogP contribution in [0.15, 0.2) is 12.2 Å². The third kappa shape index (κ3) is 1.95. The van der Waals surface area contributed by atoms with E-state index < -0.39 is 5.60 Å². The van der Waals surface area contributed by atoms with Gasteiger partial charge in [-0.25, -0.2) is 0 Å². The first kappa shape index (κ1) is 12.2. The van der Waals surface area contributed by atoms with Crippen molar-refractivity contribution in [2.45, 2.75) is 64.9 Å². The fourth-order valence-corrected chi connectivity index (χ4v) is 4.04. The van der Waals surface area contributed by atoms with Crippen LogP contribution in [-0.2, 0) is 0 Å². The van der Waals surface area contributed by atoms with Gasteiger partial charge < -0.3 is 5.11 Å². The van der Waals surface area contributed by atoms with Crippen LogP contribution >= 0.6 is 0 Å². The Morgan fingerprint density at radius 2 is 2.12 bits per heavy atom. The Bertz CT molecular complexity index is 279.